The summed E-state index contributed by atoms with van der Waals surface area (Å²) in [5.74, 6) is -1.96. The standard InChI is InChI=1S/C17H14ClF4NO3S/c1-16(17(20,21)22,10-3-5-11(19)6-4-10)23-15(24)13-9-12(27(2,25)26)7-8-14(13)18/h3-9H,1-2H3,(H,23,24). The molecule has 4 nitrogen and oxygen atoms in total. The second-order valence-corrected chi connectivity index (χ2v) is 8.42. The van der Waals surface area contributed by atoms with E-state index in [9.17, 15) is 30.8 Å². The van der Waals surface area contributed by atoms with Gasteiger partial charge < -0.3 is 5.32 Å². The first-order valence-electron chi connectivity index (χ1n) is 7.40. The van der Waals surface area contributed by atoms with Crippen molar-refractivity contribution in [1.82, 2.24) is 5.32 Å². The van der Waals surface area contributed by atoms with Crippen LogP contribution in [0.25, 0.3) is 0 Å². The van der Waals surface area contributed by atoms with Crippen molar-refractivity contribution in [2.75, 3.05) is 6.26 Å². The van der Waals surface area contributed by atoms with Crippen LogP contribution in [0.15, 0.2) is 47.4 Å². The minimum Gasteiger partial charge on any atom is -0.334 e. The van der Waals surface area contributed by atoms with E-state index in [4.69, 9.17) is 11.6 Å². The van der Waals surface area contributed by atoms with Crippen LogP contribution in [0.2, 0.25) is 5.02 Å². The zero-order valence-corrected chi connectivity index (χ0v) is 15.6. The minimum absolute atomic E-state index is 0.219. The van der Waals surface area contributed by atoms with E-state index in [1.807, 2.05) is 5.32 Å². The molecule has 0 aliphatic heterocycles. The summed E-state index contributed by atoms with van der Waals surface area (Å²) in [5.41, 5.74) is -3.69. The number of carbonyl (C=O) groups excluding carboxylic acids is 1. The van der Waals surface area contributed by atoms with Crippen LogP contribution in [0.5, 0.6) is 0 Å². The molecule has 2 aromatic rings. The Balaban J connectivity index is 2.51. The molecule has 0 saturated heterocycles. The molecule has 1 unspecified atom stereocenters. The molecule has 0 fully saturated rings. The minimum atomic E-state index is -4.93. The van der Waals surface area contributed by atoms with Crippen LogP contribution >= 0.6 is 11.6 Å². The number of rotatable bonds is 4. The van der Waals surface area contributed by atoms with Gasteiger partial charge in [-0.2, -0.15) is 13.2 Å². The molecule has 146 valence electrons. The molecular weight excluding hydrogens is 410 g/mol. The molecule has 1 atom stereocenters. The van der Waals surface area contributed by atoms with Crippen molar-refractivity contribution >= 4 is 27.3 Å². The number of alkyl halides is 3. The molecule has 0 bridgehead atoms. The van der Waals surface area contributed by atoms with E-state index in [0.717, 1.165) is 48.7 Å². The quantitative estimate of drug-likeness (QED) is 0.753. The highest BCUT2D eigenvalue weighted by atomic mass is 35.5. The molecule has 0 aromatic heterocycles. The highest BCUT2D eigenvalue weighted by Crippen LogP contribution is 2.39. The van der Waals surface area contributed by atoms with E-state index in [1.54, 1.807) is 0 Å². The second kappa shape index (κ2) is 7.12. The summed E-state index contributed by atoms with van der Waals surface area (Å²) in [6.45, 7) is 0.715. The summed E-state index contributed by atoms with van der Waals surface area (Å²) >= 11 is 5.86. The predicted molar refractivity (Wildman–Crippen MR) is 91.8 cm³/mol. The first-order chi connectivity index (χ1) is 12.3. The Labute approximate surface area is 158 Å². The van der Waals surface area contributed by atoms with Crippen molar-refractivity contribution in [3.63, 3.8) is 0 Å². The van der Waals surface area contributed by atoms with E-state index in [0.29, 0.717) is 6.92 Å². The van der Waals surface area contributed by atoms with Crippen molar-refractivity contribution in [1.29, 1.82) is 0 Å². The van der Waals surface area contributed by atoms with Gasteiger partial charge in [0.1, 0.15) is 5.82 Å². The molecule has 1 N–H and O–H groups in total. The van der Waals surface area contributed by atoms with E-state index in [1.165, 1.54) is 0 Å². The fourth-order valence-electron chi connectivity index (χ4n) is 2.29. The van der Waals surface area contributed by atoms with E-state index in [2.05, 4.69) is 0 Å². The number of carbonyl (C=O) groups is 1. The molecule has 0 radical (unpaired) electrons. The van der Waals surface area contributed by atoms with Crippen LogP contribution in [-0.2, 0) is 15.4 Å². The van der Waals surface area contributed by atoms with Gasteiger partial charge in [-0.05, 0) is 42.8 Å². The Hall–Kier alpha value is -2.13. The van der Waals surface area contributed by atoms with Gasteiger partial charge >= 0.3 is 6.18 Å². The molecule has 1 amide bonds. The van der Waals surface area contributed by atoms with Crippen LogP contribution in [-0.4, -0.2) is 26.8 Å². The SMILES string of the molecule is CC(NC(=O)c1cc(S(C)(=O)=O)ccc1Cl)(c1ccc(F)cc1)C(F)(F)F. The normalized spacial score (nSPS) is 14.5. The van der Waals surface area contributed by atoms with Crippen LogP contribution in [0, 0.1) is 5.82 Å². The van der Waals surface area contributed by atoms with Crippen LogP contribution < -0.4 is 5.32 Å². The lowest BCUT2D eigenvalue weighted by molar-refractivity contribution is -0.192. The van der Waals surface area contributed by atoms with Crippen LogP contribution in [0.3, 0.4) is 0 Å². The van der Waals surface area contributed by atoms with Gasteiger partial charge in [-0.15, -0.1) is 0 Å². The number of hydrogen-bond acceptors (Lipinski definition) is 3. The number of hydrogen-bond donors (Lipinski definition) is 1. The molecule has 0 aliphatic carbocycles. The molecular formula is C17H14ClF4NO3S. The lowest BCUT2D eigenvalue weighted by Gasteiger charge is -2.33. The monoisotopic (exact) mass is 423 g/mol. The third-order valence-corrected chi connectivity index (χ3v) is 5.40. The van der Waals surface area contributed by atoms with Gasteiger partial charge in [-0.25, -0.2) is 12.8 Å². The number of nitrogens with one attached hydrogen (secondary N) is 1. The van der Waals surface area contributed by atoms with Crippen LogP contribution in [0.4, 0.5) is 17.6 Å². The van der Waals surface area contributed by atoms with Crippen molar-refractivity contribution < 1.29 is 30.8 Å². The van der Waals surface area contributed by atoms with Gasteiger partial charge in [0.25, 0.3) is 5.91 Å². The second-order valence-electron chi connectivity index (χ2n) is 6.00. The number of sulfone groups is 1. The first kappa shape index (κ1) is 21.2. The van der Waals surface area contributed by atoms with Crippen LogP contribution in [0.1, 0.15) is 22.8 Å². The molecule has 2 rings (SSSR count). The van der Waals surface area contributed by atoms with E-state index >= 15 is 0 Å². The number of halogens is 5. The molecule has 27 heavy (non-hydrogen) atoms. The Kier molecular flexibility index (Phi) is 5.58. The molecule has 0 spiro atoms. The summed E-state index contributed by atoms with van der Waals surface area (Å²) in [6, 6.07) is 6.61. The Morgan fingerprint density at radius 1 is 1.07 bits per heavy atom. The van der Waals surface area contributed by atoms with Crippen molar-refractivity contribution in [3.8, 4) is 0 Å². The maximum atomic E-state index is 13.7. The molecule has 0 saturated carbocycles. The highest BCUT2D eigenvalue weighted by Gasteiger charge is 2.53. The number of benzene rings is 2. The summed E-state index contributed by atoms with van der Waals surface area (Å²) in [5, 5.41) is 1.62. The zero-order valence-electron chi connectivity index (χ0n) is 14.1. The van der Waals surface area contributed by atoms with Crippen molar-refractivity contribution in [2.45, 2.75) is 23.5 Å². The maximum absolute atomic E-state index is 13.7. The lowest BCUT2D eigenvalue weighted by atomic mass is 9.90. The van der Waals surface area contributed by atoms with Gasteiger partial charge in [0.2, 0.25) is 0 Å². The van der Waals surface area contributed by atoms with Crippen molar-refractivity contribution in [3.05, 3.63) is 64.4 Å². The summed E-state index contributed by atoms with van der Waals surface area (Å²) in [6.07, 6.45) is -4.04. The van der Waals surface area contributed by atoms with E-state index in [-0.39, 0.29) is 9.92 Å². The van der Waals surface area contributed by atoms with Gasteiger partial charge in [0.15, 0.2) is 15.4 Å². The van der Waals surface area contributed by atoms with E-state index < -0.39 is 44.4 Å². The first-order valence-corrected chi connectivity index (χ1v) is 9.67. The highest BCUT2D eigenvalue weighted by molar-refractivity contribution is 7.90. The summed E-state index contributed by atoms with van der Waals surface area (Å²) in [7, 11) is -3.71. The predicted octanol–water partition coefficient (Wildman–Crippen LogP) is 4.09. The molecule has 0 heterocycles. The smallest absolute Gasteiger partial charge is 0.334 e. The molecule has 2 aromatic carbocycles. The lowest BCUT2D eigenvalue weighted by Crippen LogP contribution is -2.54. The largest absolute Gasteiger partial charge is 0.415 e. The molecule has 0 aliphatic rings. The van der Waals surface area contributed by atoms with Gasteiger partial charge in [-0.1, -0.05) is 23.7 Å². The fourth-order valence-corrected chi connectivity index (χ4v) is 3.14. The summed E-state index contributed by atoms with van der Waals surface area (Å²) < 4.78 is 77.4. The van der Waals surface area contributed by atoms with Gasteiger partial charge in [0, 0.05) is 6.26 Å². The van der Waals surface area contributed by atoms with Crippen molar-refractivity contribution in [2.24, 2.45) is 0 Å². The third kappa shape index (κ3) is 4.41. The molecule has 10 heteroatoms. The van der Waals surface area contributed by atoms with Gasteiger partial charge in [-0.3, -0.25) is 4.79 Å². The fraction of sp³-hybridized carbons (Fsp3) is 0.235. The Morgan fingerprint density at radius 3 is 2.11 bits per heavy atom. The third-order valence-electron chi connectivity index (χ3n) is 3.96. The Morgan fingerprint density at radius 2 is 1.63 bits per heavy atom. The maximum Gasteiger partial charge on any atom is 0.415 e. The topological polar surface area (TPSA) is 63.2 Å². The summed E-state index contributed by atoms with van der Waals surface area (Å²) in [4.78, 5) is 12.2. The number of amides is 1. The zero-order chi connectivity index (χ0) is 20.6. The average molecular weight is 424 g/mol. The average Bonchev–Trinajstić information content (AvgIpc) is 2.53. The van der Waals surface area contributed by atoms with Gasteiger partial charge in [0.05, 0.1) is 15.5 Å². The Bertz CT molecular complexity index is 975.